The van der Waals surface area contributed by atoms with Gasteiger partial charge < -0.3 is 10.6 Å². The fourth-order valence-corrected chi connectivity index (χ4v) is 3.40. The first-order chi connectivity index (χ1) is 13.7. The van der Waals surface area contributed by atoms with Crippen LogP contribution in [-0.4, -0.2) is 25.0 Å². The topological polar surface area (TPSA) is 61.4 Å². The van der Waals surface area contributed by atoms with E-state index in [0.29, 0.717) is 18.7 Å². The minimum Gasteiger partial charge on any atom is -0.341 e. The van der Waals surface area contributed by atoms with Crippen LogP contribution in [0, 0.1) is 0 Å². The molecule has 5 nitrogen and oxygen atoms in total. The molecule has 1 fully saturated rings. The summed E-state index contributed by atoms with van der Waals surface area (Å²) in [5.41, 5.74) is 3.27. The number of hydrogen-bond acceptors (Lipinski definition) is 2. The second-order valence-electron chi connectivity index (χ2n) is 6.66. The van der Waals surface area contributed by atoms with Crippen LogP contribution in [0.5, 0.6) is 0 Å². The third-order valence-electron chi connectivity index (χ3n) is 4.82. The summed E-state index contributed by atoms with van der Waals surface area (Å²) < 4.78 is 0. The number of rotatable bonds is 5. The van der Waals surface area contributed by atoms with Crippen LogP contribution < -0.4 is 15.5 Å². The fraction of sp³-hybridized carbons (Fsp3) is 0.130. The van der Waals surface area contributed by atoms with Gasteiger partial charge in [0.1, 0.15) is 0 Å². The number of hydrogen-bond donors (Lipinski definition) is 2. The monoisotopic (exact) mass is 371 g/mol. The number of benzene rings is 3. The van der Waals surface area contributed by atoms with Gasteiger partial charge in [0.05, 0.1) is 6.04 Å². The van der Waals surface area contributed by atoms with E-state index in [1.54, 1.807) is 23.1 Å². The van der Waals surface area contributed by atoms with Crippen LogP contribution in [0.25, 0.3) is 0 Å². The molecule has 0 saturated carbocycles. The maximum atomic E-state index is 13.0. The fourth-order valence-electron chi connectivity index (χ4n) is 3.40. The average molecular weight is 371 g/mol. The van der Waals surface area contributed by atoms with Gasteiger partial charge in [0.25, 0.3) is 5.91 Å². The Morgan fingerprint density at radius 2 is 1.54 bits per heavy atom. The predicted molar refractivity (Wildman–Crippen MR) is 109 cm³/mol. The Balaban J connectivity index is 1.61. The van der Waals surface area contributed by atoms with Gasteiger partial charge in [-0.1, -0.05) is 66.7 Å². The van der Waals surface area contributed by atoms with E-state index < -0.39 is 0 Å². The van der Waals surface area contributed by atoms with Gasteiger partial charge in [-0.3, -0.25) is 9.69 Å². The zero-order chi connectivity index (χ0) is 19.3. The molecule has 0 radical (unpaired) electrons. The molecule has 0 spiro atoms. The molecular formula is C23H21N3O2. The first-order valence-electron chi connectivity index (χ1n) is 9.28. The van der Waals surface area contributed by atoms with E-state index in [-0.39, 0.29) is 18.0 Å². The van der Waals surface area contributed by atoms with E-state index in [9.17, 15) is 9.59 Å². The molecule has 3 aromatic carbocycles. The quantitative estimate of drug-likeness (QED) is 0.718. The van der Waals surface area contributed by atoms with Gasteiger partial charge >= 0.3 is 6.03 Å². The van der Waals surface area contributed by atoms with Gasteiger partial charge in [-0.15, -0.1) is 0 Å². The van der Waals surface area contributed by atoms with Crippen molar-refractivity contribution in [2.75, 3.05) is 18.0 Å². The normalized spacial score (nSPS) is 13.5. The van der Waals surface area contributed by atoms with Crippen molar-refractivity contribution in [2.45, 2.75) is 6.04 Å². The molecule has 1 heterocycles. The van der Waals surface area contributed by atoms with E-state index in [4.69, 9.17) is 0 Å². The summed E-state index contributed by atoms with van der Waals surface area (Å²) in [6, 6.07) is 26.5. The zero-order valence-corrected chi connectivity index (χ0v) is 15.3. The summed E-state index contributed by atoms with van der Waals surface area (Å²) in [7, 11) is 0. The Bertz CT molecular complexity index is 934. The highest BCUT2D eigenvalue weighted by Crippen LogP contribution is 2.23. The highest BCUT2D eigenvalue weighted by atomic mass is 16.2. The highest BCUT2D eigenvalue weighted by molar-refractivity contribution is 5.98. The lowest BCUT2D eigenvalue weighted by atomic mass is 9.98. The second-order valence-corrected chi connectivity index (χ2v) is 6.66. The summed E-state index contributed by atoms with van der Waals surface area (Å²) in [5.74, 6) is -0.181. The molecule has 1 aliphatic rings. The van der Waals surface area contributed by atoms with Crippen LogP contribution in [0.15, 0.2) is 84.9 Å². The molecule has 0 atom stereocenters. The zero-order valence-electron chi connectivity index (χ0n) is 15.3. The van der Waals surface area contributed by atoms with Crippen LogP contribution in [0.1, 0.15) is 27.5 Å². The van der Waals surface area contributed by atoms with Gasteiger partial charge in [-0.25, -0.2) is 4.79 Å². The first kappa shape index (κ1) is 17.8. The van der Waals surface area contributed by atoms with Crippen molar-refractivity contribution in [2.24, 2.45) is 0 Å². The molecule has 1 saturated heterocycles. The minimum atomic E-state index is -0.256. The van der Waals surface area contributed by atoms with Crippen molar-refractivity contribution in [1.82, 2.24) is 10.6 Å². The molecule has 5 heteroatoms. The van der Waals surface area contributed by atoms with Crippen molar-refractivity contribution in [1.29, 1.82) is 0 Å². The third-order valence-corrected chi connectivity index (χ3v) is 4.82. The summed E-state index contributed by atoms with van der Waals surface area (Å²) in [4.78, 5) is 26.6. The average Bonchev–Trinajstić information content (AvgIpc) is 3.19. The molecular weight excluding hydrogens is 350 g/mol. The van der Waals surface area contributed by atoms with Crippen LogP contribution >= 0.6 is 0 Å². The number of nitrogens with zero attached hydrogens (tertiary/aromatic N) is 1. The van der Waals surface area contributed by atoms with E-state index in [1.165, 1.54) is 0 Å². The van der Waals surface area contributed by atoms with E-state index in [1.807, 2.05) is 66.7 Å². The molecule has 140 valence electrons. The van der Waals surface area contributed by atoms with E-state index in [2.05, 4.69) is 10.6 Å². The Hall–Kier alpha value is -3.60. The summed E-state index contributed by atoms with van der Waals surface area (Å²) >= 11 is 0. The lowest BCUT2D eigenvalue weighted by molar-refractivity contribution is 0.0943. The highest BCUT2D eigenvalue weighted by Gasteiger charge is 2.23. The first-order valence-corrected chi connectivity index (χ1v) is 9.28. The molecule has 1 aliphatic heterocycles. The van der Waals surface area contributed by atoms with Gasteiger partial charge in [0.15, 0.2) is 0 Å². The summed E-state index contributed by atoms with van der Waals surface area (Å²) in [6.07, 6.45) is 0. The Labute approximate surface area is 164 Å². The minimum absolute atomic E-state index is 0.135. The molecule has 0 aliphatic carbocycles. The maximum absolute atomic E-state index is 13.0. The van der Waals surface area contributed by atoms with Crippen molar-refractivity contribution in [3.8, 4) is 0 Å². The number of carbonyl (C=O) groups is 2. The Morgan fingerprint density at radius 3 is 2.11 bits per heavy atom. The largest absolute Gasteiger partial charge is 0.341 e. The van der Waals surface area contributed by atoms with Crippen molar-refractivity contribution >= 4 is 17.6 Å². The number of anilines is 1. The molecule has 28 heavy (non-hydrogen) atoms. The molecule has 3 aromatic rings. The smallest absolute Gasteiger partial charge is 0.321 e. The number of urea groups is 1. The molecule has 2 N–H and O–H groups in total. The van der Waals surface area contributed by atoms with Gasteiger partial charge in [0.2, 0.25) is 0 Å². The molecule has 3 amide bonds. The third kappa shape index (κ3) is 3.74. The lowest BCUT2D eigenvalue weighted by Crippen LogP contribution is -2.30. The van der Waals surface area contributed by atoms with Crippen LogP contribution in [0.4, 0.5) is 10.5 Å². The van der Waals surface area contributed by atoms with Gasteiger partial charge in [-0.05, 0) is 29.3 Å². The van der Waals surface area contributed by atoms with Crippen molar-refractivity contribution in [3.63, 3.8) is 0 Å². The number of nitrogens with one attached hydrogen (secondary N) is 2. The standard InChI is InChI=1S/C23H21N3O2/c27-22(19-12-7-13-20(16-19)26-15-14-24-23(26)28)25-21(17-8-3-1-4-9-17)18-10-5-2-6-11-18/h1-13,16,21H,14-15H2,(H,24,28)(H,25,27). The lowest BCUT2D eigenvalue weighted by Gasteiger charge is -2.21. The molecule has 4 rings (SSSR count). The van der Waals surface area contributed by atoms with Crippen LogP contribution in [0.2, 0.25) is 0 Å². The predicted octanol–water partition coefficient (Wildman–Crippen LogP) is 3.74. The van der Waals surface area contributed by atoms with Crippen LogP contribution in [0.3, 0.4) is 0 Å². The van der Waals surface area contributed by atoms with E-state index >= 15 is 0 Å². The van der Waals surface area contributed by atoms with Gasteiger partial charge in [-0.2, -0.15) is 0 Å². The summed E-state index contributed by atoms with van der Waals surface area (Å²) in [6.45, 7) is 1.21. The van der Waals surface area contributed by atoms with Crippen LogP contribution in [-0.2, 0) is 0 Å². The Kier molecular flexibility index (Phi) is 5.06. The number of carbonyl (C=O) groups excluding carboxylic acids is 2. The van der Waals surface area contributed by atoms with Crippen molar-refractivity contribution < 1.29 is 9.59 Å². The Morgan fingerprint density at radius 1 is 0.893 bits per heavy atom. The van der Waals surface area contributed by atoms with Gasteiger partial charge in [0, 0.05) is 24.3 Å². The summed E-state index contributed by atoms with van der Waals surface area (Å²) in [5, 5.41) is 5.92. The van der Waals surface area contributed by atoms with E-state index in [0.717, 1.165) is 16.8 Å². The number of amides is 3. The van der Waals surface area contributed by atoms with Crippen molar-refractivity contribution in [3.05, 3.63) is 102 Å². The second kappa shape index (κ2) is 7.96. The molecule has 0 unspecified atom stereocenters. The molecule has 0 aromatic heterocycles. The SMILES string of the molecule is O=C(NC(c1ccccc1)c1ccccc1)c1cccc(N2CCNC2=O)c1. The molecule has 0 bridgehead atoms. The maximum Gasteiger partial charge on any atom is 0.321 e.